The van der Waals surface area contributed by atoms with Gasteiger partial charge in [-0.1, -0.05) is 33.1 Å². The van der Waals surface area contributed by atoms with Crippen LogP contribution in [-0.2, 0) is 6.42 Å². The van der Waals surface area contributed by atoms with Gasteiger partial charge in [-0.05, 0) is 24.8 Å². The summed E-state index contributed by atoms with van der Waals surface area (Å²) >= 11 is 0. The Labute approximate surface area is 104 Å². The lowest BCUT2D eigenvalue weighted by atomic mass is 9.69. The highest BCUT2D eigenvalue weighted by Crippen LogP contribution is 2.39. The van der Waals surface area contributed by atoms with Crippen molar-refractivity contribution in [1.82, 2.24) is 15.3 Å². The first-order valence-corrected chi connectivity index (χ1v) is 6.96. The third-order valence-electron chi connectivity index (χ3n) is 4.24. The molecule has 1 aliphatic rings. The second-order valence-electron chi connectivity index (χ2n) is 5.56. The molecule has 0 radical (unpaired) electrons. The van der Waals surface area contributed by atoms with E-state index >= 15 is 0 Å². The first-order valence-electron chi connectivity index (χ1n) is 6.96. The fourth-order valence-corrected chi connectivity index (χ4v) is 3.12. The van der Waals surface area contributed by atoms with Crippen molar-refractivity contribution in [1.29, 1.82) is 0 Å². The van der Waals surface area contributed by atoms with E-state index in [9.17, 15) is 0 Å². The second kappa shape index (κ2) is 5.67. The van der Waals surface area contributed by atoms with E-state index in [2.05, 4.69) is 29.1 Å². The predicted octanol–water partition coefficient (Wildman–Crippen LogP) is 2.90. The molecule has 1 atom stereocenters. The fourth-order valence-electron chi connectivity index (χ4n) is 3.12. The Bertz CT molecular complexity index is 312. The van der Waals surface area contributed by atoms with Crippen molar-refractivity contribution in [2.24, 2.45) is 5.41 Å². The van der Waals surface area contributed by atoms with Crippen LogP contribution in [0.5, 0.6) is 0 Å². The molecule has 2 rings (SSSR count). The minimum atomic E-state index is 0.445. The average Bonchev–Trinajstić information content (AvgIpc) is 2.82. The molecule has 1 aliphatic carbocycles. The van der Waals surface area contributed by atoms with Crippen molar-refractivity contribution in [3.63, 3.8) is 0 Å². The lowest BCUT2D eigenvalue weighted by Crippen LogP contribution is -2.46. The number of aromatic nitrogens is 2. The van der Waals surface area contributed by atoms with Crippen LogP contribution in [0.1, 0.15) is 51.8 Å². The molecular formula is C14H25N3. The molecule has 0 amide bonds. The number of nitrogens with one attached hydrogen (secondary N) is 2. The topological polar surface area (TPSA) is 40.7 Å². The van der Waals surface area contributed by atoms with Crippen LogP contribution in [0.4, 0.5) is 0 Å². The number of hydrogen-bond donors (Lipinski definition) is 2. The van der Waals surface area contributed by atoms with Crippen molar-refractivity contribution in [3.8, 4) is 0 Å². The second-order valence-corrected chi connectivity index (χ2v) is 5.56. The van der Waals surface area contributed by atoms with Gasteiger partial charge in [-0.2, -0.15) is 0 Å². The van der Waals surface area contributed by atoms with E-state index in [1.807, 2.05) is 12.4 Å². The molecule has 1 saturated carbocycles. The van der Waals surface area contributed by atoms with E-state index in [1.165, 1.54) is 32.1 Å². The number of imidazole rings is 1. The zero-order valence-corrected chi connectivity index (χ0v) is 11.1. The third kappa shape index (κ3) is 3.09. The molecule has 17 heavy (non-hydrogen) atoms. The number of aromatic amines is 1. The van der Waals surface area contributed by atoms with Crippen LogP contribution >= 0.6 is 0 Å². The molecule has 96 valence electrons. The minimum absolute atomic E-state index is 0.445. The quantitative estimate of drug-likeness (QED) is 0.824. The molecule has 1 fully saturated rings. The highest BCUT2D eigenvalue weighted by atomic mass is 15.0. The maximum Gasteiger partial charge on any atom is 0.107 e. The van der Waals surface area contributed by atoms with Crippen molar-refractivity contribution in [3.05, 3.63) is 18.2 Å². The Morgan fingerprint density at radius 3 is 2.76 bits per heavy atom. The van der Waals surface area contributed by atoms with Crippen molar-refractivity contribution < 1.29 is 0 Å². The minimum Gasteiger partial charge on any atom is -0.349 e. The lowest BCUT2D eigenvalue weighted by molar-refractivity contribution is 0.143. The van der Waals surface area contributed by atoms with Gasteiger partial charge < -0.3 is 10.3 Å². The van der Waals surface area contributed by atoms with E-state index in [0.29, 0.717) is 11.5 Å². The zero-order valence-electron chi connectivity index (χ0n) is 11.1. The predicted molar refractivity (Wildman–Crippen MR) is 70.9 cm³/mol. The van der Waals surface area contributed by atoms with Gasteiger partial charge in [0.2, 0.25) is 0 Å². The molecule has 3 nitrogen and oxygen atoms in total. The highest BCUT2D eigenvalue weighted by molar-refractivity contribution is 4.98. The van der Waals surface area contributed by atoms with E-state index in [1.54, 1.807) is 0 Å². The van der Waals surface area contributed by atoms with Gasteiger partial charge in [0.1, 0.15) is 5.82 Å². The molecule has 1 heterocycles. The summed E-state index contributed by atoms with van der Waals surface area (Å²) in [5.74, 6) is 1.11. The van der Waals surface area contributed by atoms with Gasteiger partial charge in [-0.3, -0.25) is 0 Å². The van der Waals surface area contributed by atoms with Gasteiger partial charge in [0.05, 0.1) is 0 Å². The lowest BCUT2D eigenvalue weighted by Gasteiger charge is -2.41. The Balaban J connectivity index is 2.04. The summed E-state index contributed by atoms with van der Waals surface area (Å²) in [5.41, 5.74) is 0.445. The molecule has 0 aromatic carbocycles. The normalized spacial score (nSPS) is 21.3. The first kappa shape index (κ1) is 12.6. The van der Waals surface area contributed by atoms with Gasteiger partial charge in [-0.25, -0.2) is 4.98 Å². The fraction of sp³-hybridized carbons (Fsp3) is 0.786. The van der Waals surface area contributed by atoms with Crippen LogP contribution in [0.2, 0.25) is 0 Å². The smallest absolute Gasteiger partial charge is 0.107 e. The Hall–Kier alpha value is -0.830. The zero-order chi connectivity index (χ0) is 12.1. The number of likely N-dealkylation sites (N-methyl/N-ethyl adjacent to an activating group) is 1. The van der Waals surface area contributed by atoms with Crippen LogP contribution in [0, 0.1) is 5.41 Å². The monoisotopic (exact) mass is 235 g/mol. The van der Waals surface area contributed by atoms with Gasteiger partial charge in [0, 0.05) is 24.9 Å². The highest BCUT2D eigenvalue weighted by Gasteiger charge is 2.35. The van der Waals surface area contributed by atoms with Crippen molar-refractivity contribution in [2.45, 2.75) is 58.4 Å². The summed E-state index contributed by atoms with van der Waals surface area (Å²) < 4.78 is 0. The summed E-state index contributed by atoms with van der Waals surface area (Å²) in [6.45, 7) is 5.69. The maximum atomic E-state index is 4.37. The summed E-state index contributed by atoms with van der Waals surface area (Å²) in [6.07, 6.45) is 11.7. The maximum absolute atomic E-state index is 4.37. The molecule has 0 saturated heterocycles. The van der Waals surface area contributed by atoms with Crippen molar-refractivity contribution in [2.75, 3.05) is 6.54 Å². The molecule has 2 N–H and O–H groups in total. The number of rotatable bonds is 5. The summed E-state index contributed by atoms with van der Waals surface area (Å²) in [4.78, 5) is 7.60. The summed E-state index contributed by atoms with van der Waals surface area (Å²) in [5, 5.41) is 3.67. The van der Waals surface area contributed by atoms with E-state index in [0.717, 1.165) is 18.8 Å². The molecule has 0 spiro atoms. The molecule has 1 aromatic heterocycles. The third-order valence-corrected chi connectivity index (χ3v) is 4.24. The number of H-pyrrole nitrogens is 1. The molecule has 3 heteroatoms. The Morgan fingerprint density at radius 2 is 2.18 bits per heavy atom. The first-order chi connectivity index (χ1) is 8.24. The van der Waals surface area contributed by atoms with Gasteiger partial charge in [-0.15, -0.1) is 0 Å². The van der Waals surface area contributed by atoms with Crippen LogP contribution in [0.3, 0.4) is 0 Å². The number of nitrogens with zero attached hydrogens (tertiary/aromatic N) is 1. The molecule has 1 aromatic rings. The van der Waals surface area contributed by atoms with E-state index in [4.69, 9.17) is 0 Å². The van der Waals surface area contributed by atoms with E-state index in [-0.39, 0.29) is 0 Å². The van der Waals surface area contributed by atoms with Gasteiger partial charge in [0.15, 0.2) is 0 Å². The molecular weight excluding hydrogens is 210 g/mol. The Morgan fingerprint density at radius 1 is 1.41 bits per heavy atom. The standard InChI is InChI=1S/C14H25N3/c1-3-15-12(11-13-16-9-10-17-13)14(2)7-5-4-6-8-14/h9-10,12,15H,3-8,11H2,1-2H3,(H,16,17). The molecule has 0 bridgehead atoms. The van der Waals surface area contributed by atoms with Crippen LogP contribution in [0.15, 0.2) is 12.4 Å². The van der Waals surface area contributed by atoms with Crippen LogP contribution in [0.25, 0.3) is 0 Å². The summed E-state index contributed by atoms with van der Waals surface area (Å²) in [6, 6.07) is 0.555. The SMILES string of the molecule is CCNC(Cc1ncc[nH]1)C1(C)CCCCC1. The van der Waals surface area contributed by atoms with Gasteiger partial charge >= 0.3 is 0 Å². The van der Waals surface area contributed by atoms with E-state index < -0.39 is 0 Å². The van der Waals surface area contributed by atoms with Crippen LogP contribution < -0.4 is 5.32 Å². The molecule has 0 aliphatic heterocycles. The average molecular weight is 235 g/mol. The largest absolute Gasteiger partial charge is 0.349 e. The Kier molecular flexibility index (Phi) is 4.21. The summed E-state index contributed by atoms with van der Waals surface area (Å²) in [7, 11) is 0. The number of hydrogen-bond acceptors (Lipinski definition) is 2. The van der Waals surface area contributed by atoms with Crippen LogP contribution in [-0.4, -0.2) is 22.6 Å². The van der Waals surface area contributed by atoms with Crippen molar-refractivity contribution >= 4 is 0 Å². The molecule has 1 unspecified atom stereocenters. The van der Waals surface area contributed by atoms with Gasteiger partial charge in [0.25, 0.3) is 0 Å².